The third kappa shape index (κ3) is 4.28. The average molecular weight is 371 g/mol. The summed E-state index contributed by atoms with van der Waals surface area (Å²) in [6.45, 7) is -0.685. The number of sulfonamides is 1. The highest BCUT2D eigenvalue weighted by molar-refractivity contribution is 7.91. The first-order valence-corrected chi connectivity index (χ1v) is 8.85. The molecule has 0 aliphatic carbocycles. The molecular weight excluding hydrogens is 358 g/mol. The van der Waals surface area contributed by atoms with Crippen LogP contribution in [0.2, 0.25) is 0 Å². The highest BCUT2D eigenvalue weighted by atomic mass is 32.2. The molecule has 0 aromatic carbocycles. The molecule has 9 nitrogen and oxygen atoms in total. The SMILES string of the molecule is Cn1cccc1C(=O)NC(=O)COC(=O)c1csc(S(N)(=O)=O)c1. The lowest BCUT2D eigenvalue weighted by Gasteiger charge is -2.05. The summed E-state index contributed by atoms with van der Waals surface area (Å²) in [5.41, 5.74) is 0.218. The summed E-state index contributed by atoms with van der Waals surface area (Å²) in [7, 11) is -2.27. The van der Waals surface area contributed by atoms with Gasteiger partial charge in [0.05, 0.1) is 5.56 Å². The van der Waals surface area contributed by atoms with E-state index in [2.05, 4.69) is 5.32 Å². The second kappa shape index (κ2) is 6.95. The number of nitrogens with one attached hydrogen (secondary N) is 1. The maximum Gasteiger partial charge on any atom is 0.339 e. The van der Waals surface area contributed by atoms with Gasteiger partial charge in [-0.1, -0.05) is 0 Å². The molecule has 0 bridgehead atoms. The molecule has 0 aliphatic heterocycles. The first-order valence-electron chi connectivity index (χ1n) is 6.42. The molecule has 2 heterocycles. The molecule has 24 heavy (non-hydrogen) atoms. The predicted molar refractivity (Wildman–Crippen MR) is 83.9 cm³/mol. The van der Waals surface area contributed by atoms with Crippen LogP contribution in [0.4, 0.5) is 0 Å². The van der Waals surface area contributed by atoms with Crippen LogP contribution in [0, 0.1) is 0 Å². The van der Waals surface area contributed by atoms with Gasteiger partial charge in [0.1, 0.15) is 9.90 Å². The van der Waals surface area contributed by atoms with E-state index in [0.29, 0.717) is 0 Å². The first-order chi connectivity index (χ1) is 11.2. The van der Waals surface area contributed by atoms with Crippen molar-refractivity contribution in [3.05, 3.63) is 41.0 Å². The van der Waals surface area contributed by atoms with Crippen molar-refractivity contribution in [3.8, 4) is 0 Å². The summed E-state index contributed by atoms with van der Waals surface area (Å²) < 4.78 is 28.3. The summed E-state index contributed by atoms with van der Waals surface area (Å²) in [5.74, 6) is -2.34. The zero-order valence-electron chi connectivity index (χ0n) is 12.4. The number of ether oxygens (including phenoxy) is 1. The van der Waals surface area contributed by atoms with Crippen molar-refractivity contribution < 1.29 is 27.5 Å². The maximum absolute atomic E-state index is 11.8. The normalized spacial score (nSPS) is 11.1. The summed E-state index contributed by atoms with van der Waals surface area (Å²) >= 11 is 0.758. The van der Waals surface area contributed by atoms with Crippen LogP contribution in [-0.4, -0.2) is 37.4 Å². The highest BCUT2D eigenvalue weighted by Crippen LogP contribution is 2.19. The lowest BCUT2D eigenvalue weighted by molar-refractivity contribution is -0.123. The van der Waals surface area contributed by atoms with E-state index >= 15 is 0 Å². The molecule has 0 fully saturated rings. The lowest BCUT2D eigenvalue weighted by atomic mass is 10.3. The zero-order valence-corrected chi connectivity index (χ0v) is 14.0. The van der Waals surface area contributed by atoms with Gasteiger partial charge >= 0.3 is 5.97 Å². The number of thiophene rings is 1. The van der Waals surface area contributed by atoms with Gasteiger partial charge in [0.2, 0.25) is 10.0 Å². The Hall–Kier alpha value is -2.50. The number of nitrogens with two attached hydrogens (primary N) is 1. The van der Waals surface area contributed by atoms with Gasteiger partial charge in [-0.2, -0.15) is 0 Å². The van der Waals surface area contributed by atoms with Crippen LogP contribution in [0.25, 0.3) is 0 Å². The molecule has 2 rings (SSSR count). The standard InChI is InChI=1S/C13H13N3O6S2/c1-16-4-2-3-9(16)12(18)15-10(17)6-22-13(19)8-5-11(23-7-8)24(14,20)21/h2-5,7H,6H2,1H3,(H2,14,20,21)(H,15,17,18). The molecule has 0 saturated carbocycles. The first kappa shape index (κ1) is 17.8. The molecule has 128 valence electrons. The van der Waals surface area contributed by atoms with E-state index in [1.807, 2.05) is 0 Å². The fourth-order valence-corrected chi connectivity index (χ4v) is 3.29. The van der Waals surface area contributed by atoms with Crippen molar-refractivity contribution in [3.63, 3.8) is 0 Å². The molecule has 0 saturated heterocycles. The van der Waals surface area contributed by atoms with Gasteiger partial charge in [-0.05, 0) is 18.2 Å². The quantitative estimate of drug-likeness (QED) is 0.701. The Balaban J connectivity index is 1.90. The minimum atomic E-state index is -3.91. The van der Waals surface area contributed by atoms with Gasteiger partial charge in [-0.3, -0.25) is 14.9 Å². The number of imide groups is 1. The van der Waals surface area contributed by atoms with E-state index in [1.54, 1.807) is 19.3 Å². The summed E-state index contributed by atoms with van der Waals surface area (Å²) in [6, 6.07) is 4.21. The largest absolute Gasteiger partial charge is 0.452 e. The molecule has 3 N–H and O–H groups in total. The number of nitrogens with zero attached hydrogens (tertiary/aromatic N) is 1. The van der Waals surface area contributed by atoms with E-state index in [0.717, 1.165) is 17.4 Å². The van der Waals surface area contributed by atoms with Crippen LogP contribution >= 0.6 is 11.3 Å². The number of primary sulfonamides is 1. The number of carbonyl (C=O) groups excluding carboxylic acids is 3. The molecule has 0 spiro atoms. The van der Waals surface area contributed by atoms with Gasteiger partial charge in [-0.25, -0.2) is 18.4 Å². The number of aromatic nitrogens is 1. The van der Waals surface area contributed by atoms with Crippen LogP contribution in [0.1, 0.15) is 20.8 Å². The number of amides is 2. The van der Waals surface area contributed by atoms with Gasteiger partial charge in [0.15, 0.2) is 6.61 Å². The summed E-state index contributed by atoms with van der Waals surface area (Å²) in [5, 5.41) is 8.25. The molecule has 0 atom stereocenters. The molecular formula is C13H13N3O6S2. The second-order valence-corrected chi connectivity index (χ2v) is 7.36. The molecule has 0 radical (unpaired) electrons. The van der Waals surface area contributed by atoms with Crippen molar-refractivity contribution in [1.82, 2.24) is 9.88 Å². The zero-order chi connectivity index (χ0) is 17.9. The minimum Gasteiger partial charge on any atom is -0.452 e. The predicted octanol–water partition coefficient (Wildman–Crippen LogP) is -0.153. The smallest absolute Gasteiger partial charge is 0.339 e. The van der Waals surface area contributed by atoms with Gasteiger partial charge in [0.25, 0.3) is 11.8 Å². The van der Waals surface area contributed by atoms with Crippen LogP contribution < -0.4 is 10.5 Å². The Labute approximate surface area is 141 Å². The topological polar surface area (TPSA) is 138 Å². The van der Waals surface area contributed by atoms with Crippen LogP contribution in [0.5, 0.6) is 0 Å². The van der Waals surface area contributed by atoms with Crippen LogP contribution in [0.3, 0.4) is 0 Å². The second-order valence-electron chi connectivity index (χ2n) is 4.66. The summed E-state index contributed by atoms with van der Waals surface area (Å²) in [4.78, 5) is 35.2. The van der Waals surface area contributed by atoms with E-state index < -0.39 is 34.4 Å². The van der Waals surface area contributed by atoms with Crippen molar-refractivity contribution in [1.29, 1.82) is 0 Å². The number of aryl methyl sites for hydroxylation is 1. The monoisotopic (exact) mass is 371 g/mol. The van der Waals surface area contributed by atoms with Crippen molar-refractivity contribution in [2.75, 3.05) is 6.61 Å². The lowest BCUT2D eigenvalue weighted by Crippen LogP contribution is -2.35. The number of hydrogen-bond acceptors (Lipinski definition) is 7. The van der Waals surface area contributed by atoms with E-state index in [9.17, 15) is 22.8 Å². The Morgan fingerprint density at radius 3 is 2.62 bits per heavy atom. The number of rotatable bonds is 5. The highest BCUT2D eigenvalue weighted by Gasteiger charge is 2.18. The Bertz CT molecular complexity index is 896. The number of carbonyl (C=O) groups is 3. The average Bonchev–Trinajstić information content (AvgIpc) is 3.12. The number of hydrogen-bond donors (Lipinski definition) is 2. The summed E-state index contributed by atoms with van der Waals surface area (Å²) in [6.07, 6.45) is 1.64. The van der Waals surface area contributed by atoms with Crippen LogP contribution in [-0.2, 0) is 26.6 Å². The third-order valence-electron chi connectivity index (χ3n) is 2.86. The molecule has 2 amide bonds. The molecule has 11 heteroatoms. The molecule has 2 aromatic rings. The molecule has 0 unspecified atom stereocenters. The fraction of sp³-hybridized carbons (Fsp3) is 0.154. The fourth-order valence-electron chi connectivity index (χ4n) is 1.71. The van der Waals surface area contributed by atoms with Crippen LogP contribution in [0.15, 0.2) is 34.0 Å². The van der Waals surface area contributed by atoms with E-state index in [-0.39, 0.29) is 15.5 Å². The van der Waals surface area contributed by atoms with Gasteiger partial charge in [-0.15, -0.1) is 11.3 Å². The Morgan fingerprint density at radius 1 is 1.38 bits per heavy atom. The van der Waals surface area contributed by atoms with Crippen molar-refractivity contribution >= 4 is 39.1 Å². The molecule has 2 aromatic heterocycles. The Kier molecular flexibility index (Phi) is 5.17. The molecule has 0 aliphatic rings. The van der Waals surface area contributed by atoms with Crippen molar-refractivity contribution in [2.45, 2.75) is 4.21 Å². The Morgan fingerprint density at radius 2 is 2.08 bits per heavy atom. The van der Waals surface area contributed by atoms with E-state index in [4.69, 9.17) is 9.88 Å². The number of esters is 1. The van der Waals surface area contributed by atoms with Gasteiger partial charge < -0.3 is 9.30 Å². The third-order valence-corrected chi connectivity index (χ3v) is 5.24. The van der Waals surface area contributed by atoms with E-state index in [1.165, 1.54) is 16.0 Å². The van der Waals surface area contributed by atoms with Gasteiger partial charge in [0, 0.05) is 18.6 Å². The maximum atomic E-state index is 11.8. The minimum absolute atomic E-state index is 0.0504. The van der Waals surface area contributed by atoms with Crippen molar-refractivity contribution in [2.24, 2.45) is 12.2 Å².